The van der Waals surface area contributed by atoms with E-state index in [0.717, 1.165) is 19.3 Å². The number of nitrogens with one attached hydrogen (secondary N) is 1. The molecule has 0 bridgehead atoms. The SMILES string of the molecule is COC(=O)c1nccc(NC2(CC(=O)O)CCC2)n1. The smallest absolute Gasteiger partial charge is 0.376 e. The summed E-state index contributed by atoms with van der Waals surface area (Å²) in [5.41, 5.74) is -0.465. The summed E-state index contributed by atoms with van der Waals surface area (Å²) in [6.45, 7) is 0. The van der Waals surface area contributed by atoms with Crippen LogP contribution in [0.3, 0.4) is 0 Å². The number of aliphatic carboxylic acids is 1. The van der Waals surface area contributed by atoms with E-state index < -0.39 is 17.5 Å². The molecule has 1 aliphatic carbocycles. The van der Waals surface area contributed by atoms with Crippen molar-refractivity contribution in [2.24, 2.45) is 0 Å². The Labute approximate surface area is 110 Å². The average molecular weight is 265 g/mol. The van der Waals surface area contributed by atoms with Gasteiger partial charge in [0.25, 0.3) is 0 Å². The summed E-state index contributed by atoms with van der Waals surface area (Å²) in [5, 5.41) is 12.0. The number of hydrogen-bond acceptors (Lipinski definition) is 6. The monoisotopic (exact) mass is 265 g/mol. The van der Waals surface area contributed by atoms with E-state index in [0.29, 0.717) is 5.82 Å². The maximum atomic E-state index is 11.3. The van der Waals surface area contributed by atoms with Gasteiger partial charge in [-0.1, -0.05) is 0 Å². The highest BCUT2D eigenvalue weighted by Crippen LogP contribution is 2.37. The van der Waals surface area contributed by atoms with Crippen molar-refractivity contribution in [3.8, 4) is 0 Å². The highest BCUT2D eigenvalue weighted by molar-refractivity contribution is 5.85. The lowest BCUT2D eigenvalue weighted by atomic mass is 9.74. The number of carbonyl (C=O) groups is 2. The van der Waals surface area contributed by atoms with Crippen molar-refractivity contribution in [2.75, 3.05) is 12.4 Å². The van der Waals surface area contributed by atoms with Gasteiger partial charge in [-0.15, -0.1) is 0 Å². The third-order valence-corrected chi connectivity index (χ3v) is 3.22. The summed E-state index contributed by atoms with van der Waals surface area (Å²) in [4.78, 5) is 30.0. The molecular weight excluding hydrogens is 250 g/mol. The number of hydrogen-bond donors (Lipinski definition) is 2. The Hall–Kier alpha value is -2.18. The maximum absolute atomic E-state index is 11.3. The lowest BCUT2D eigenvalue weighted by Gasteiger charge is -2.41. The van der Waals surface area contributed by atoms with Gasteiger partial charge in [-0.25, -0.2) is 14.8 Å². The van der Waals surface area contributed by atoms with Gasteiger partial charge in [0.05, 0.1) is 13.5 Å². The Balaban J connectivity index is 2.14. The zero-order valence-corrected chi connectivity index (χ0v) is 10.5. The summed E-state index contributed by atoms with van der Waals surface area (Å²) < 4.78 is 4.54. The Morgan fingerprint density at radius 3 is 2.79 bits per heavy atom. The van der Waals surface area contributed by atoms with Crippen molar-refractivity contribution in [3.05, 3.63) is 18.1 Å². The number of esters is 1. The molecule has 1 fully saturated rings. The van der Waals surface area contributed by atoms with Gasteiger partial charge in [0.15, 0.2) is 0 Å². The lowest BCUT2D eigenvalue weighted by Crippen LogP contribution is -2.47. The molecule has 19 heavy (non-hydrogen) atoms. The van der Waals surface area contributed by atoms with Crippen molar-refractivity contribution in [2.45, 2.75) is 31.2 Å². The molecule has 102 valence electrons. The van der Waals surface area contributed by atoms with E-state index in [1.54, 1.807) is 6.07 Å². The predicted octanol–water partition coefficient (Wildman–Crippen LogP) is 1.07. The number of aromatic nitrogens is 2. The number of methoxy groups -OCH3 is 1. The van der Waals surface area contributed by atoms with E-state index in [4.69, 9.17) is 5.11 Å². The van der Waals surface area contributed by atoms with Crippen LogP contribution < -0.4 is 5.32 Å². The standard InChI is InChI=1S/C12H15N3O4/c1-19-11(18)10-13-6-3-8(14-10)15-12(4-2-5-12)7-9(16)17/h3,6H,2,4-5,7H2,1H3,(H,16,17)(H,13,14,15). The molecule has 7 heteroatoms. The van der Waals surface area contributed by atoms with Gasteiger partial charge in [0.2, 0.25) is 5.82 Å². The van der Waals surface area contributed by atoms with E-state index in [1.807, 2.05) is 0 Å². The second kappa shape index (κ2) is 5.21. The quantitative estimate of drug-likeness (QED) is 0.768. The fourth-order valence-corrected chi connectivity index (χ4v) is 2.13. The fraction of sp³-hybridized carbons (Fsp3) is 0.500. The molecule has 2 rings (SSSR count). The second-order valence-corrected chi connectivity index (χ2v) is 4.59. The van der Waals surface area contributed by atoms with Gasteiger partial charge in [-0.05, 0) is 25.3 Å². The molecule has 0 saturated heterocycles. The Morgan fingerprint density at radius 2 is 2.26 bits per heavy atom. The van der Waals surface area contributed by atoms with Crippen LogP contribution in [0.15, 0.2) is 12.3 Å². The number of ether oxygens (including phenoxy) is 1. The normalized spacial score (nSPS) is 16.3. The van der Waals surface area contributed by atoms with Crippen LogP contribution in [0.5, 0.6) is 0 Å². The number of anilines is 1. The van der Waals surface area contributed by atoms with Crippen LogP contribution in [-0.2, 0) is 9.53 Å². The number of carboxylic acid groups (broad SMARTS) is 1. The molecule has 0 atom stereocenters. The number of nitrogens with zero attached hydrogens (tertiary/aromatic N) is 2. The molecule has 0 spiro atoms. The van der Waals surface area contributed by atoms with Crippen LogP contribution in [0, 0.1) is 0 Å². The Morgan fingerprint density at radius 1 is 1.53 bits per heavy atom. The molecular formula is C12H15N3O4. The van der Waals surface area contributed by atoms with E-state index in [1.165, 1.54) is 13.3 Å². The molecule has 0 aliphatic heterocycles. The summed E-state index contributed by atoms with van der Waals surface area (Å²) in [6.07, 6.45) is 4.00. The van der Waals surface area contributed by atoms with Crippen LogP contribution in [0.2, 0.25) is 0 Å². The molecule has 1 heterocycles. The van der Waals surface area contributed by atoms with E-state index in [9.17, 15) is 9.59 Å². The first-order valence-electron chi connectivity index (χ1n) is 5.96. The molecule has 0 unspecified atom stereocenters. The Kier molecular flexibility index (Phi) is 3.64. The first-order valence-corrected chi connectivity index (χ1v) is 5.96. The largest absolute Gasteiger partial charge is 0.481 e. The first kappa shape index (κ1) is 13.3. The summed E-state index contributed by atoms with van der Waals surface area (Å²) >= 11 is 0. The van der Waals surface area contributed by atoms with Crippen LogP contribution in [0.25, 0.3) is 0 Å². The van der Waals surface area contributed by atoms with E-state index in [2.05, 4.69) is 20.0 Å². The third kappa shape index (κ3) is 2.98. The zero-order valence-electron chi connectivity index (χ0n) is 10.5. The van der Waals surface area contributed by atoms with Crippen molar-refractivity contribution in [1.82, 2.24) is 9.97 Å². The van der Waals surface area contributed by atoms with Crippen molar-refractivity contribution >= 4 is 17.8 Å². The highest BCUT2D eigenvalue weighted by Gasteiger charge is 2.39. The molecule has 2 N–H and O–H groups in total. The molecule has 1 aliphatic rings. The van der Waals surface area contributed by atoms with Gasteiger partial charge < -0.3 is 15.2 Å². The minimum atomic E-state index is -0.852. The van der Waals surface area contributed by atoms with Crippen molar-refractivity contribution in [1.29, 1.82) is 0 Å². The predicted molar refractivity (Wildman–Crippen MR) is 65.8 cm³/mol. The molecule has 1 saturated carbocycles. The number of carboxylic acids is 1. The topological polar surface area (TPSA) is 101 Å². The second-order valence-electron chi connectivity index (χ2n) is 4.59. The minimum Gasteiger partial charge on any atom is -0.481 e. The molecule has 0 amide bonds. The summed E-state index contributed by atoms with van der Waals surface area (Å²) in [5.74, 6) is -1.08. The molecule has 1 aromatic rings. The Bertz CT molecular complexity index is 500. The van der Waals surface area contributed by atoms with E-state index in [-0.39, 0.29) is 12.2 Å². The van der Waals surface area contributed by atoms with Gasteiger partial charge in [-0.2, -0.15) is 0 Å². The first-order chi connectivity index (χ1) is 9.04. The van der Waals surface area contributed by atoms with Gasteiger partial charge in [0.1, 0.15) is 5.82 Å². The van der Waals surface area contributed by atoms with Gasteiger partial charge >= 0.3 is 11.9 Å². The van der Waals surface area contributed by atoms with Crippen molar-refractivity contribution in [3.63, 3.8) is 0 Å². The summed E-state index contributed by atoms with van der Waals surface area (Å²) in [7, 11) is 1.25. The third-order valence-electron chi connectivity index (χ3n) is 3.22. The van der Waals surface area contributed by atoms with Gasteiger partial charge in [-0.3, -0.25) is 4.79 Å². The minimum absolute atomic E-state index is 0.0323. The van der Waals surface area contributed by atoms with Gasteiger partial charge in [0, 0.05) is 11.7 Å². The molecule has 0 aromatic carbocycles. The number of rotatable bonds is 5. The zero-order chi connectivity index (χ0) is 13.9. The van der Waals surface area contributed by atoms with Crippen LogP contribution in [0.4, 0.5) is 5.82 Å². The van der Waals surface area contributed by atoms with Crippen molar-refractivity contribution < 1.29 is 19.4 Å². The highest BCUT2D eigenvalue weighted by atomic mass is 16.5. The summed E-state index contributed by atoms with van der Waals surface area (Å²) in [6, 6.07) is 1.61. The fourth-order valence-electron chi connectivity index (χ4n) is 2.13. The van der Waals surface area contributed by atoms with E-state index >= 15 is 0 Å². The molecule has 1 aromatic heterocycles. The average Bonchev–Trinajstić information content (AvgIpc) is 2.35. The lowest BCUT2D eigenvalue weighted by molar-refractivity contribution is -0.138. The molecule has 7 nitrogen and oxygen atoms in total. The molecule has 0 radical (unpaired) electrons. The number of carbonyl (C=O) groups excluding carboxylic acids is 1. The van der Waals surface area contributed by atoms with Crippen LogP contribution >= 0.6 is 0 Å². The maximum Gasteiger partial charge on any atom is 0.376 e. The van der Waals surface area contributed by atoms with Crippen LogP contribution in [0.1, 0.15) is 36.3 Å². The van der Waals surface area contributed by atoms with Crippen LogP contribution in [-0.4, -0.2) is 39.7 Å².